The summed E-state index contributed by atoms with van der Waals surface area (Å²) in [7, 11) is 1.72. The predicted molar refractivity (Wildman–Crippen MR) is 43.5 cm³/mol. The zero-order valence-corrected chi connectivity index (χ0v) is 7.19. The molecule has 0 saturated heterocycles. The average molecular weight is 170 g/mol. The van der Waals surface area contributed by atoms with Gasteiger partial charge in [-0.1, -0.05) is 6.92 Å². The molecule has 3 nitrogen and oxygen atoms in total. The summed E-state index contributed by atoms with van der Waals surface area (Å²) in [6, 6.07) is -0.171. The van der Waals surface area contributed by atoms with Crippen LogP contribution in [0.5, 0.6) is 0 Å². The fraction of sp³-hybridized carbons (Fsp3) is 1.00. The van der Waals surface area contributed by atoms with Crippen molar-refractivity contribution in [2.24, 2.45) is 0 Å². The van der Waals surface area contributed by atoms with Crippen LogP contribution in [0.25, 0.3) is 0 Å². The molecule has 0 spiro atoms. The van der Waals surface area contributed by atoms with Crippen LogP contribution in [0.1, 0.15) is 13.3 Å². The van der Waals surface area contributed by atoms with Crippen molar-refractivity contribution < 1.29 is 10.2 Å². The van der Waals surface area contributed by atoms with Gasteiger partial charge in [-0.2, -0.15) is 0 Å². The lowest BCUT2D eigenvalue weighted by Crippen LogP contribution is -2.40. The van der Waals surface area contributed by atoms with Crippen molar-refractivity contribution in [2.45, 2.75) is 25.5 Å². The Hall–Kier alpha value is 0.170. The molecule has 0 aromatic heterocycles. The first-order valence-corrected chi connectivity index (χ1v) is 3.22. The molecular weight excluding hydrogens is 154 g/mol. The third-order valence-corrected chi connectivity index (χ3v) is 1.45. The van der Waals surface area contributed by atoms with E-state index in [9.17, 15) is 0 Å². The fourth-order valence-electron chi connectivity index (χ4n) is 0.690. The Morgan fingerprint density at radius 2 is 2.00 bits per heavy atom. The number of likely N-dealkylation sites (N-methyl/N-ethyl adjacent to an activating group) is 1. The molecule has 0 fully saturated rings. The zero-order valence-electron chi connectivity index (χ0n) is 6.37. The minimum atomic E-state index is -0.431. The van der Waals surface area contributed by atoms with Gasteiger partial charge in [0.1, 0.15) is 0 Å². The molecule has 0 aliphatic heterocycles. The molecular formula is C6H16ClNO2. The quantitative estimate of drug-likeness (QED) is 0.545. The van der Waals surface area contributed by atoms with Gasteiger partial charge in [0.2, 0.25) is 0 Å². The largest absolute Gasteiger partial charge is 0.395 e. The van der Waals surface area contributed by atoms with Gasteiger partial charge in [-0.3, -0.25) is 0 Å². The third kappa shape index (κ3) is 4.06. The smallest absolute Gasteiger partial charge is 0.0712 e. The summed E-state index contributed by atoms with van der Waals surface area (Å²) in [4.78, 5) is 0. The Morgan fingerprint density at radius 3 is 2.10 bits per heavy atom. The standard InChI is InChI=1S/C6H15NO2.ClH/c1-3-6(9)5(4-8)7-2;/h5-9H,3-4H2,1-2H3;1H. The average Bonchev–Trinajstić information content (AvgIpc) is 1.90. The van der Waals surface area contributed by atoms with Gasteiger partial charge < -0.3 is 15.5 Å². The molecule has 0 aliphatic carbocycles. The summed E-state index contributed by atoms with van der Waals surface area (Å²) in [5.74, 6) is 0. The van der Waals surface area contributed by atoms with E-state index in [1.807, 2.05) is 6.92 Å². The SMILES string of the molecule is CCC(O)C(CO)NC.Cl. The summed E-state index contributed by atoms with van der Waals surface area (Å²) < 4.78 is 0. The van der Waals surface area contributed by atoms with Crippen molar-refractivity contribution in [1.29, 1.82) is 0 Å². The van der Waals surface area contributed by atoms with E-state index >= 15 is 0 Å². The number of rotatable bonds is 4. The van der Waals surface area contributed by atoms with Crippen molar-refractivity contribution >= 4 is 12.4 Å². The topological polar surface area (TPSA) is 52.5 Å². The molecule has 0 aromatic carbocycles. The predicted octanol–water partition coefficient (Wildman–Crippen LogP) is -0.241. The molecule has 2 atom stereocenters. The van der Waals surface area contributed by atoms with Crippen molar-refractivity contribution in [3.8, 4) is 0 Å². The minimum absolute atomic E-state index is 0. The molecule has 0 bridgehead atoms. The normalized spacial score (nSPS) is 15.6. The first-order chi connectivity index (χ1) is 4.26. The molecule has 0 rings (SSSR count). The van der Waals surface area contributed by atoms with E-state index in [0.717, 1.165) is 0 Å². The van der Waals surface area contributed by atoms with Crippen LogP contribution in [-0.4, -0.2) is 36.0 Å². The molecule has 64 valence electrons. The van der Waals surface area contributed by atoms with Gasteiger partial charge in [0.15, 0.2) is 0 Å². The Kier molecular flexibility index (Phi) is 9.33. The van der Waals surface area contributed by atoms with E-state index in [-0.39, 0.29) is 25.1 Å². The second-order valence-electron chi connectivity index (χ2n) is 2.05. The van der Waals surface area contributed by atoms with Gasteiger partial charge in [0.05, 0.1) is 18.8 Å². The Bertz CT molecular complexity index is 68.8. The Balaban J connectivity index is 0. The summed E-state index contributed by atoms with van der Waals surface area (Å²) in [6.45, 7) is 1.87. The van der Waals surface area contributed by atoms with Crippen LogP contribution in [-0.2, 0) is 0 Å². The molecule has 3 N–H and O–H groups in total. The fourth-order valence-corrected chi connectivity index (χ4v) is 0.690. The van der Waals surface area contributed by atoms with Crippen molar-refractivity contribution in [1.82, 2.24) is 5.32 Å². The van der Waals surface area contributed by atoms with Crippen LogP contribution >= 0.6 is 12.4 Å². The molecule has 2 unspecified atom stereocenters. The van der Waals surface area contributed by atoms with Crippen molar-refractivity contribution in [2.75, 3.05) is 13.7 Å². The number of hydrogen-bond donors (Lipinski definition) is 3. The number of nitrogens with one attached hydrogen (secondary N) is 1. The molecule has 4 heteroatoms. The maximum Gasteiger partial charge on any atom is 0.0712 e. The highest BCUT2D eigenvalue weighted by Gasteiger charge is 2.12. The lowest BCUT2D eigenvalue weighted by molar-refractivity contribution is 0.0911. The van der Waals surface area contributed by atoms with Crippen LogP contribution in [0, 0.1) is 0 Å². The molecule has 0 radical (unpaired) electrons. The Morgan fingerprint density at radius 1 is 1.50 bits per heavy atom. The van der Waals surface area contributed by atoms with Crippen LogP contribution in [0.15, 0.2) is 0 Å². The second-order valence-corrected chi connectivity index (χ2v) is 2.05. The number of aliphatic hydroxyl groups excluding tert-OH is 2. The van der Waals surface area contributed by atoms with Crippen molar-refractivity contribution in [3.63, 3.8) is 0 Å². The lowest BCUT2D eigenvalue weighted by atomic mass is 10.1. The van der Waals surface area contributed by atoms with Crippen LogP contribution in [0.3, 0.4) is 0 Å². The molecule has 0 amide bonds. The minimum Gasteiger partial charge on any atom is -0.395 e. The van der Waals surface area contributed by atoms with Gasteiger partial charge in [0, 0.05) is 0 Å². The van der Waals surface area contributed by atoms with Gasteiger partial charge >= 0.3 is 0 Å². The van der Waals surface area contributed by atoms with Gasteiger partial charge in [-0.25, -0.2) is 0 Å². The van der Waals surface area contributed by atoms with Crippen LogP contribution in [0.4, 0.5) is 0 Å². The van der Waals surface area contributed by atoms with E-state index in [4.69, 9.17) is 10.2 Å². The van der Waals surface area contributed by atoms with Crippen molar-refractivity contribution in [3.05, 3.63) is 0 Å². The van der Waals surface area contributed by atoms with Gasteiger partial charge in [-0.05, 0) is 13.5 Å². The number of hydrogen-bond acceptors (Lipinski definition) is 3. The molecule has 0 heterocycles. The van der Waals surface area contributed by atoms with E-state index < -0.39 is 6.10 Å². The monoisotopic (exact) mass is 169 g/mol. The summed E-state index contributed by atoms with van der Waals surface area (Å²) in [5.41, 5.74) is 0. The molecule has 0 aromatic rings. The highest BCUT2D eigenvalue weighted by molar-refractivity contribution is 5.85. The summed E-state index contributed by atoms with van der Waals surface area (Å²) >= 11 is 0. The van der Waals surface area contributed by atoms with Crippen LogP contribution < -0.4 is 5.32 Å². The Labute approximate surface area is 67.9 Å². The van der Waals surface area contributed by atoms with Gasteiger partial charge in [0.25, 0.3) is 0 Å². The van der Waals surface area contributed by atoms with E-state index in [2.05, 4.69) is 5.32 Å². The lowest BCUT2D eigenvalue weighted by Gasteiger charge is -2.17. The molecule has 0 aliphatic rings. The highest BCUT2D eigenvalue weighted by Crippen LogP contribution is 1.95. The highest BCUT2D eigenvalue weighted by atomic mass is 35.5. The number of halogens is 1. The first kappa shape index (κ1) is 12.8. The van der Waals surface area contributed by atoms with E-state index in [1.165, 1.54) is 0 Å². The number of aliphatic hydroxyl groups is 2. The van der Waals surface area contributed by atoms with E-state index in [1.54, 1.807) is 7.05 Å². The second kappa shape index (κ2) is 7.28. The zero-order chi connectivity index (χ0) is 7.28. The molecule has 0 saturated carbocycles. The van der Waals surface area contributed by atoms with E-state index in [0.29, 0.717) is 6.42 Å². The maximum absolute atomic E-state index is 9.10. The summed E-state index contributed by atoms with van der Waals surface area (Å²) in [5, 5.41) is 20.5. The molecule has 10 heavy (non-hydrogen) atoms. The first-order valence-electron chi connectivity index (χ1n) is 3.22. The maximum atomic E-state index is 9.10. The van der Waals surface area contributed by atoms with Gasteiger partial charge in [-0.15, -0.1) is 12.4 Å². The van der Waals surface area contributed by atoms with Crippen LogP contribution in [0.2, 0.25) is 0 Å². The third-order valence-electron chi connectivity index (χ3n) is 1.45. The summed E-state index contributed by atoms with van der Waals surface area (Å²) in [6.07, 6.45) is 0.242.